The minimum Gasteiger partial charge on any atom is -0.328 e. The highest BCUT2D eigenvalue weighted by Gasteiger charge is 2.08. The van der Waals surface area contributed by atoms with E-state index in [0.717, 1.165) is 5.92 Å². The van der Waals surface area contributed by atoms with Gasteiger partial charge in [0, 0.05) is 6.04 Å². The second-order valence-corrected chi connectivity index (χ2v) is 4.43. The Morgan fingerprint density at radius 2 is 1.42 bits per heavy atom. The van der Waals surface area contributed by atoms with Gasteiger partial charge in [-0.05, 0) is 18.8 Å². The molecule has 0 aromatic rings. The van der Waals surface area contributed by atoms with Crippen molar-refractivity contribution >= 4 is 0 Å². The van der Waals surface area contributed by atoms with Gasteiger partial charge in [-0.2, -0.15) is 0 Å². The second kappa shape index (κ2) is 5.58. The molecule has 1 saturated carbocycles. The molecule has 0 amide bonds. The summed E-state index contributed by atoms with van der Waals surface area (Å²) in [7, 11) is 0. The molecular weight excluding hydrogens is 146 g/mol. The van der Waals surface area contributed by atoms with Crippen LogP contribution < -0.4 is 5.73 Å². The van der Waals surface area contributed by atoms with Gasteiger partial charge in [0.15, 0.2) is 0 Å². The van der Waals surface area contributed by atoms with Crippen LogP contribution in [0, 0.1) is 5.92 Å². The molecule has 2 N–H and O–H groups in total. The van der Waals surface area contributed by atoms with Crippen LogP contribution in [0.1, 0.15) is 58.3 Å². The normalized spacial score (nSPS) is 34.5. The fourth-order valence-corrected chi connectivity index (χ4v) is 2.09. The summed E-state index contributed by atoms with van der Waals surface area (Å²) in [6.45, 7) is 2.38. The van der Waals surface area contributed by atoms with Gasteiger partial charge in [0.25, 0.3) is 0 Å². The molecule has 2 atom stereocenters. The van der Waals surface area contributed by atoms with Crippen LogP contribution in [0.5, 0.6) is 0 Å². The molecule has 1 rings (SSSR count). The summed E-state index contributed by atoms with van der Waals surface area (Å²) < 4.78 is 0. The zero-order chi connectivity index (χ0) is 8.81. The van der Waals surface area contributed by atoms with Crippen LogP contribution in [-0.4, -0.2) is 6.04 Å². The molecule has 0 radical (unpaired) electrons. The third kappa shape index (κ3) is 4.10. The maximum Gasteiger partial charge on any atom is 0.00388 e. The third-order valence-electron chi connectivity index (χ3n) is 3.04. The number of nitrogens with two attached hydrogens (primary N) is 1. The Balaban J connectivity index is 2.21. The SMILES string of the molecule is CC1CCCCC[C@H](N)CCC1. The Labute approximate surface area is 76.7 Å². The van der Waals surface area contributed by atoms with Crippen LogP contribution in [0.2, 0.25) is 0 Å². The van der Waals surface area contributed by atoms with Gasteiger partial charge in [0.05, 0.1) is 0 Å². The Kier molecular flexibility index (Phi) is 4.67. The Morgan fingerprint density at radius 3 is 2.25 bits per heavy atom. The van der Waals surface area contributed by atoms with E-state index in [4.69, 9.17) is 5.73 Å². The van der Waals surface area contributed by atoms with E-state index >= 15 is 0 Å². The molecule has 0 bridgehead atoms. The predicted octanol–water partition coefficient (Wildman–Crippen LogP) is 3.08. The van der Waals surface area contributed by atoms with Crippen molar-refractivity contribution in [1.82, 2.24) is 0 Å². The van der Waals surface area contributed by atoms with Gasteiger partial charge < -0.3 is 5.73 Å². The van der Waals surface area contributed by atoms with Crippen molar-refractivity contribution in [3.8, 4) is 0 Å². The zero-order valence-corrected chi connectivity index (χ0v) is 8.39. The molecule has 0 heterocycles. The van der Waals surface area contributed by atoms with Gasteiger partial charge in [-0.15, -0.1) is 0 Å². The van der Waals surface area contributed by atoms with Crippen molar-refractivity contribution in [2.75, 3.05) is 0 Å². The first-order valence-corrected chi connectivity index (χ1v) is 5.54. The fourth-order valence-electron chi connectivity index (χ4n) is 2.09. The molecule has 1 aliphatic rings. The van der Waals surface area contributed by atoms with E-state index in [1.807, 2.05) is 0 Å². The Hall–Kier alpha value is -0.0400. The highest BCUT2D eigenvalue weighted by molar-refractivity contribution is 4.65. The van der Waals surface area contributed by atoms with E-state index < -0.39 is 0 Å². The molecule has 0 spiro atoms. The summed E-state index contributed by atoms with van der Waals surface area (Å²) in [5.74, 6) is 0.940. The molecule has 72 valence electrons. The number of hydrogen-bond donors (Lipinski definition) is 1. The van der Waals surface area contributed by atoms with Crippen LogP contribution in [0.4, 0.5) is 0 Å². The molecule has 0 aliphatic heterocycles. The molecule has 0 aromatic heterocycles. The standard InChI is InChI=1S/C11H23N/c1-10-6-3-2-4-8-11(12)9-5-7-10/h10-11H,2-9,12H2,1H3/t10?,11-/m0/s1. The number of hydrogen-bond acceptors (Lipinski definition) is 1. The first-order chi connectivity index (χ1) is 5.79. The molecule has 1 aliphatic carbocycles. The molecule has 0 saturated heterocycles. The van der Waals surface area contributed by atoms with Gasteiger partial charge in [-0.1, -0.05) is 45.4 Å². The van der Waals surface area contributed by atoms with Crippen LogP contribution >= 0.6 is 0 Å². The molecule has 0 aromatic carbocycles. The monoisotopic (exact) mass is 169 g/mol. The maximum atomic E-state index is 5.97. The largest absolute Gasteiger partial charge is 0.328 e. The van der Waals surface area contributed by atoms with Crippen molar-refractivity contribution in [2.24, 2.45) is 11.7 Å². The maximum absolute atomic E-state index is 5.97. The van der Waals surface area contributed by atoms with E-state index in [1.165, 1.54) is 51.4 Å². The first kappa shape index (κ1) is 10.0. The summed E-state index contributed by atoms with van der Waals surface area (Å²) in [4.78, 5) is 0. The van der Waals surface area contributed by atoms with Gasteiger partial charge in [-0.3, -0.25) is 0 Å². The molecule has 1 heteroatoms. The van der Waals surface area contributed by atoms with Gasteiger partial charge in [-0.25, -0.2) is 0 Å². The molecule has 1 nitrogen and oxygen atoms in total. The molecule has 12 heavy (non-hydrogen) atoms. The summed E-state index contributed by atoms with van der Waals surface area (Å²) in [6.07, 6.45) is 10.9. The van der Waals surface area contributed by atoms with E-state index in [9.17, 15) is 0 Å². The quantitative estimate of drug-likeness (QED) is 0.592. The van der Waals surface area contributed by atoms with Crippen molar-refractivity contribution in [3.05, 3.63) is 0 Å². The van der Waals surface area contributed by atoms with Crippen molar-refractivity contribution in [1.29, 1.82) is 0 Å². The van der Waals surface area contributed by atoms with Crippen LogP contribution in [0.15, 0.2) is 0 Å². The van der Waals surface area contributed by atoms with E-state index in [0.29, 0.717) is 6.04 Å². The average Bonchev–Trinajstić information content (AvgIpc) is 2.04. The minimum absolute atomic E-state index is 0.496. The average molecular weight is 169 g/mol. The topological polar surface area (TPSA) is 26.0 Å². The summed E-state index contributed by atoms with van der Waals surface area (Å²) in [6, 6.07) is 0.496. The third-order valence-corrected chi connectivity index (χ3v) is 3.04. The highest BCUT2D eigenvalue weighted by Crippen LogP contribution is 2.20. The van der Waals surface area contributed by atoms with Gasteiger partial charge in [0.2, 0.25) is 0 Å². The summed E-state index contributed by atoms with van der Waals surface area (Å²) >= 11 is 0. The van der Waals surface area contributed by atoms with Gasteiger partial charge >= 0.3 is 0 Å². The van der Waals surface area contributed by atoms with Crippen molar-refractivity contribution < 1.29 is 0 Å². The summed E-state index contributed by atoms with van der Waals surface area (Å²) in [5, 5.41) is 0. The molecule has 1 unspecified atom stereocenters. The van der Waals surface area contributed by atoms with Crippen molar-refractivity contribution in [2.45, 2.75) is 64.3 Å². The zero-order valence-electron chi connectivity index (χ0n) is 8.39. The lowest BCUT2D eigenvalue weighted by atomic mass is 9.92. The Morgan fingerprint density at radius 1 is 0.833 bits per heavy atom. The second-order valence-electron chi connectivity index (χ2n) is 4.43. The van der Waals surface area contributed by atoms with E-state index in [-0.39, 0.29) is 0 Å². The molecule has 1 fully saturated rings. The van der Waals surface area contributed by atoms with Crippen LogP contribution in [0.3, 0.4) is 0 Å². The predicted molar refractivity (Wildman–Crippen MR) is 54.1 cm³/mol. The lowest BCUT2D eigenvalue weighted by molar-refractivity contribution is 0.394. The minimum atomic E-state index is 0.496. The molecular formula is C11H23N. The fraction of sp³-hybridized carbons (Fsp3) is 1.00. The van der Waals surface area contributed by atoms with Gasteiger partial charge in [0.1, 0.15) is 0 Å². The Bertz CT molecular complexity index is 99.6. The first-order valence-electron chi connectivity index (χ1n) is 5.54. The van der Waals surface area contributed by atoms with E-state index in [2.05, 4.69) is 6.92 Å². The van der Waals surface area contributed by atoms with Crippen LogP contribution in [-0.2, 0) is 0 Å². The lowest BCUT2D eigenvalue weighted by Crippen LogP contribution is -2.20. The lowest BCUT2D eigenvalue weighted by Gasteiger charge is -2.17. The smallest absolute Gasteiger partial charge is 0.00388 e. The number of rotatable bonds is 0. The van der Waals surface area contributed by atoms with Crippen LogP contribution in [0.25, 0.3) is 0 Å². The summed E-state index contributed by atoms with van der Waals surface area (Å²) in [5.41, 5.74) is 5.97. The van der Waals surface area contributed by atoms with E-state index in [1.54, 1.807) is 0 Å². The van der Waals surface area contributed by atoms with Crippen molar-refractivity contribution in [3.63, 3.8) is 0 Å². The highest BCUT2D eigenvalue weighted by atomic mass is 14.6.